The fourth-order valence-electron chi connectivity index (χ4n) is 2.87. The van der Waals surface area contributed by atoms with Crippen molar-refractivity contribution >= 4 is 0 Å². The van der Waals surface area contributed by atoms with Gasteiger partial charge in [0.05, 0.1) is 0 Å². The lowest BCUT2D eigenvalue weighted by Crippen LogP contribution is -2.44. The Kier molecular flexibility index (Phi) is 5.46. The molecule has 0 aromatic carbocycles. The van der Waals surface area contributed by atoms with Gasteiger partial charge >= 0.3 is 0 Å². The lowest BCUT2D eigenvalue weighted by atomic mass is 10.0. The first-order chi connectivity index (χ1) is 9.19. The van der Waals surface area contributed by atoms with Crippen LogP contribution in [0, 0.1) is 0 Å². The van der Waals surface area contributed by atoms with Crippen LogP contribution in [0.1, 0.15) is 45.6 Å². The summed E-state index contributed by atoms with van der Waals surface area (Å²) in [5.74, 6) is 0. The van der Waals surface area contributed by atoms with Crippen LogP contribution >= 0.6 is 0 Å². The molecule has 0 atom stereocenters. The highest BCUT2D eigenvalue weighted by Crippen LogP contribution is 2.13. The van der Waals surface area contributed by atoms with E-state index in [9.17, 15) is 0 Å². The van der Waals surface area contributed by atoms with Gasteiger partial charge in [-0.2, -0.15) is 0 Å². The van der Waals surface area contributed by atoms with Gasteiger partial charge in [-0.1, -0.05) is 6.92 Å². The monoisotopic (exact) mass is 263 g/mol. The highest BCUT2D eigenvalue weighted by molar-refractivity contribution is 5.10. The van der Waals surface area contributed by atoms with Crippen molar-refractivity contribution in [3.8, 4) is 0 Å². The topological polar surface area (TPSA) is 20.2 Å². The molecule has 0 spiro atoms. The Morgan fingerprint density at radius 1 is 1.32 bits per heavy atom. The predicted molar refractivity (Wildman–Crippen MR) is 81.3 cm³/mol. The molecule has 1 aromatic rings. The molecule has 0 bridgehead atoms. The van der Waals surface area contributed by atoms with E-state index in [1.54, 1.807) is 0 Å². The number of nitrogens with one attached hydrogen (secondary N) is 1. The molecule has 1 aromatic heterocycles. The summed E-state index contributed by atoms with van der Waals surface area (Å²) in [6, 6.07) is 3.64. The van der Waals surface area contributed by atoms with Crippen LogP contribution in [0.3, 0.4) is 0 Å². The van der Waals surface area contributed by atoms with Crippen molar-refractivity contribution in [3.63, 3.8) is 0 Å². The van der Waals surface area contributed by atoms with Crippen LogP contribution in [0.2, 0.25) is 0 Å². The SMILES string of the molecule is CCCn1ccc(CNC2CCN(C(C)C)CC2)c1. The second-order valence-electron chi connectivity index (χ2n) is 6.04. The van der Waals surface area contributed by atoms with E-state index in [0.29, 0.717) is 12.1 Å². The van der Waals surface area contributed by atoms with Crippen molar-refractivity contribution in [3.05, 3.63) is 24.0 Å². The largest absolute Gasteiger partial charge is 0.354 e. The molecule has 0 aliphatic carbocycles. The number of rotatable bonds is 6. The summed E-state index contributed by atoms with van der Waals surface area (Å²) in [7, 11) is 0. The molecule has 3 nitrogen and oxygen atoms in total. The van der Waals surface area contributed by atoms with Crippen LogP contribution < -0.4 is 5.32 Å². The summed E-state index contributed by atoms with van der Waals surface area (Å²) in [4.78, 5) is 2.58. The van der Waals surface area contributed by atoms with Gasteiger partial charge in [-0.25, -0.2) is 0 Å². The van der Waals surface area contributed by atoms with E-state index in [-0.39, 0.29) is 0 Å². The van der Waals surface area contributed by atoms with E-state index in [1.807, 2.05) is 0 Å². The molecule has 2 rings (SSSR count). The first-order valence-corrected chi connectivity index (χ1v) is 7.81. The molecular formula is C16H29N3. The minimum atomic E-state index is 0.698. The molecule has 0 amide bonds. The number of nitrogens with zero attached hydrogens (tertiary/aromatic N) is 2. The molecule has 0 saturated carbocycles. The Labute approximate surface area is 118 Å². The van der Waals surface area contributed by atoms with Gasteiger partial charge in [0.25, 0.3) is 0 Å². The molecule has 19 heavy (non-hydrogen) atoms. The summed E-state index contributed by atoms with van der Waals surface area (Å²) in [6.45, 7) is 11.4. The normalized spacial score (nSPS) is 18.3. The minimum Gasteiger partial charge on any atom is -0.354 e. The van der Waals surface area contributed by atoms with Crippen LogP contribution in [0.5, 0.6) is 0 Å². The Bertz CT molecular complexity index is 362. The Morgan fingerprint density at radius 2 is 2.05 bits per heavy atom. The molecule has 108 valence electrons. The van der Waals surface area contributed by atoms with Crippen LogP contribution in [0.15, 0.2) is 18.5 Å². The molecule has 0 unspecified atom stereocenters. The lowest BCUT2D eigenvalue weighted by Gasteiger charge is -2.35. The molecule has 2 heterocycles. The summed E-state index contributed by atoms with van der Waals surface area (Å²) in [5.41, 5.74) is 1.42. The van der Waals surface area contributed by atoms with Gasteiger partial charge < -0.3 is 14.8 Å². The van der Waals surface area contributed by atoms with Crippen molar-refractivity contribution < 1.29 is 0 Å². The average Bonchev–Trinajstić information content (AvgIpc) is 2.85. The molecule has 1 saturated heterocycles. The molecule has 1 aliphatic heterocycles. The smallest absolute Gasteiger partial charge is 0.0223 e. The van der Waals surface area contributed by atoms with Crippen molar-refractivity contribution in [1.82, 2.24) is 14.8 Å². The first kappa shape index (κ1) is 14.6. The number of likely N-dealkylation sites (tertiary alicyclic amines) is 1. The number of hydrogen-bond acceptors (Lipinski definition) is 2. The standard InChI is InChI=1S/C16H29N3/c1-4-8-18-9-5-15(13-18)12-17-16-6-10-19(11-7-16)14(2)3/h5,9,13-14,16-17H,4,6-8,10-12H2,1-3H3. The number of piperidine rings is 1. The zero-order valence-corrected chi connectivity index (χ0v) is 12.7. The average molecular weight is 263 g/mol. The summed E-state index contributed by atoms with van der Waals surface area (Å²) in [5, 5.41) is 3.71. The number of aromatic nitrogens is 1. The van der Waals surface area contributed by atoms with Crippen LogP contribution in [-0.2, 0) is 13.1 Å². The fourth-order valence-corrected chi connectivity index (χ4v) is 2.87. The summed E-state index contributed by atoms with van der Waals surface area (Å²) >= 11 is 0. The maximum atomic E-state index is 3.71. The quantitative estimate of drug-likeness (QED) is 0.851. The third-order valence-corrected chi connectivity index (χ3v) is 4.15. The zero-order valence-electron chi connectivity index (χ0n) is 12.7. The second-order valence-corrected chi connectivity index (χ2v) is 6.04. The van der Waals surface area contributed by atoms with Crippen molar-refractivity contribution in [2.75, 3.05) is 13.1 Å². The van der Waals surface area contributed by atoms with Crippen LogP contribution in [0.4, 0.5) is 0 Å². The second kappa shape index (κ2) is 7.11. The van der Waals surface area contributed by atoms with Crippen molar-refractivity contribution in [2.24, 2.45) is 0 Å². The highest BCUT2D eigenvalue weighted by Gasteiger charge is 2.20. The number of aryl methyl sites for hydroxylation is 1. The lowest BCUT2D eigenvalue weighted by molar-refractivity contribution is 0.161. The van der Waals surface area contributed by atoms with Crippen molar-refractivity contribution in [2.45, 2.75) is 65.2 Å². The van der Waals surface area contributed by atoms with Gasteiger partial charge in [-0.15, -0.1) is 0 Å². The molecule has 1 N–H and O–H groups in total. The molecule has 3 heteroatoms. The van der Waals surface area contributed by atoms with E-state index in [0.717, 1.165) is 13.1 Å². The molecule has 1 fully saturated rings. The van der Waals surface area contributed by atoms with Crippen LogP contribution in [-0.4, -0.2) is 34.6 Å². The van der Waals surface area contributed by atoms with Gasteiger partial charge in [0.2, 0.25) is 0 Å². The van der Waals surface area contributed by atoms with E-state index >= 15 is 0 Å². The minimum absolute atomic E-state index is 0.698. The fraction of sp³-hybridized carbons (Fsp3) is 0.750. The summed E-state index contributed by atoms with van der Waals surface area (Å²) < 4.78 is 2.29. The first-order valence-electron chi connectivity index (χ1n) is 7.81. The van der Waals surface area contributed by atoms with Gasteiger partial charge in [-0.05, 0) is 57.8 Å². The Balaban J connectivity index is 1.71. The van der Waals surface area contributed by atoms with E-state index in [2.05, 4.69) is 54.0 Å². The van der Waals surface area contributed by atoms with Crippen LogP contribution in [0.25, 0.3) is 0 Å². The van der Waals surface area contributed by atoms with Gasteiger partial charge in [0, 0.05) is 37.6 Å². The van der Waals surface area contributed by atoms with E-state index in [1.165, 1.54) is 37.9 Å². The van der Waals surface area contributed by atoms with E-state index < -0.39 is 0 Å². The zero-order chi connectivity index (χ0) is 13.7. The molecular weight excluding hydrogens is 234 g/mol. The maximum Gasteiger partial charge on any atom is 0.0223 e. The Hall–Kier alpha value is -0.800. The number of hydrogen-bond donors (Lipinski definition) is 1. The third kappa shape index (κ3) is 4.36. The predicted octanol–water partition coefficient (Wildman–Crippen LogP) is 2.86. The van der Waals surface area contributed by atoms with Gasteiger partial charge in [0.15, 0.2) is 0 Å². The van der Waals surface area contributed by atoms with Crippen molar-refractivity contribution in [1.29, 1.82) is 0 Å². The Morgan fingerprint density at radius 3 is 2.68 bits per heavy atom. The highest BCUT2D eigenvalue weighted by atomic mass is 15.2. The third-order valence-electron chi connectivity index (χ3n) is 4.15. The van der Waals surface area contributed by atoms with Gasteiger partial charge in [0.1, 0.15) is 0 Å². The molecule has 0 radical (unpaired) electrons. The molecule has 1 aliphatic rings. The maximum absolute atomic E-state index is 3.71. The summed E-state index contributed by atoms with van der Waals surface area (Å²) in [6.07, 6.45) is 8.25. The van der Waals surface area contributed by atoms with Gasteiger partial charge in [-0.3, -0.25) is 0 Å². The van der Waals surface area contributed by atoms with E-state index in [4.69, 9.17) is 0 Å².